The lowest BCUT2D eigenvalue weighted by atomic mass is 9.85. The summed E-state index contributed by atoms with van der Waals surface area (Å²) in [6.45, 7) is 2.28. The molecule has 0 radical (unpaired) electrons. The number of aryl methyl sites for hydroxylation is 1. The number of rotatable bonds is 3. The Balaban J connectivity index is 1.67. The van der Waals surface area contributed by atoms with E-state index in [2.05, 4.69) is 13.0 Å². The van der Waals surface area contributed by atoms with Crippen LogP contribution in [0.4, 0.5) is 0 Å². The molecule has 1 saturated carbocycles. The molecule has 0 heterocycles. The van der Waals surface area contributed by atoms with Gasteiger partial charge in [-0.25, -0.2) is 0 Å². The largest absolute Gasteiger partial charge is 0.490 e. The first-order valence-electron chi connectivity index (χ1n) is 7.73. The minimum absolute atomic E-state index is 0.261. The zero-order valence-corrected chi connectivity index (χ0v) is 11.8. The van der Waals surface area contributed by atoms with Crippen molar-refractivity contribution in [1.29, 1.82) is 0 Å². The van der Waals surface area contributed by atoms with Crippen LogP contribution in [-0.2, 0) is 6.42 Å². The Morgan fingerprint density at radius 2 is 2.16 bits per heavy atom. The minimum Gasteiger partial charge on any atom is -0.490 e. The van der Waals surface area contributed by atoms with Gasteiger partial charge in [0, 0.05) is 0 Å². The van der Waals surface area contributed by atoms with Crippen molar-refractivity contribution in [1.82, 2.24) is 0 Å². The molecule has 19 heavy (non-hydrogen) atoms. The quantitative estimate of drug-likeness (QED) is 0.889. The van der Waals surface area contributed by atoms with Gasteiger partial charge in [-0.3, -0.25) is 0 Å². The molecule has 0 saturated heterocycles. The Bertz CT molecular complexity index is 441. The second-order valence-corrected chi connectivity index (χ2v) is 6.10. The Labute approximate surface area is 115 Å². The smallest absolute Gasteiger partial charge is 0.120 e. The van der Waals surface area contributed by atoms with Crippen molar-refractivity contribution in [2.75, 3.05) is 0 Å². The van der Waals surface area contributed by atoms with E-state index in [1.807, 2.05) is 12.1 Å². The summed E-state index contributed by atoms with van der Waals surface area (Å²) in [6, 6.07) is 6.21. The molecule has 0 amide bonds. The summed E-state index contributed by atoms with van der Waals surface area (Å²) >= 11 is 0. The van der Waals surface area contributed by atoms with Gasteiger partial charge < -0.3 is 9.84 Å². The molecule has 1 N–H and O–H groups in total. The number of aliphatic hydroxyl groups is 1. The molecule has 1 aromatic rings. The number of hydrogen-bond donors (Lipinski definition) is 1. The average Bonchev–Trinajstić information content (AvgIpc) is 2.80. The molecule has 1 aromatic carbocycles. The summed E-state index contributed by atoms with van der Waals surface area (Å²) in [6.07, 6.45) is 8.31. The zero-order chi connectivity index (χ0) is 13.2. The summed E-state index contributed by atoms with van der Waals surface area (Å²) in [5.74, 6) is 1.84. The third-order valence-electron chi connectivity index (χ3n) is 4.78. The monoisotopic (exact) mass is 260 g/mol. The molecule has 3 rings (SSSR count). The maximum absolute atomic E-state index is 9.82. The maximum atomic E-state index is 9.82. The number of fused-ring (bicyclic) bond motifs is 1. The summed E-state index contributed by atoms with van der Waals surface area (Å²) in [7, 11) is 0. The molecule has 104 valence electrons. The molecule has 2 nitrogen and oxygen atoms in total. The highest BCUT2D eigenvalue weighted by Gasteiger charge is 2.24. The first-order valence-corrected chi connectivity index (χ1v) is 7.73. The predicted octanol–water partition coefficient (Wildman–Crippen LogP) is 4.01. The molecule has 0 aromatic heterocycles. The first kappa shape index (κ1) is 13.0. The molecule has 0 spiro atoms. The van der Waals surface area contributed by atoms with Gasteiger partial charge >= 0.3 is 0 Å². The van der Waals surface area contributed by atoms with Gasteiger partial charge in [0.2, 0.25) is 0 Å². The van der Waals surface area contributed by atoms with Crippen molar-refractivity contribution >= 4 is 0 Å². The van der Waals surface area contributed by atoms with E-state index in [9.17, 15) is 5.11 Å². The van der Waals surface area contributed by atoms with E-state index < -0.39 is 0 Å². The fourth-order valence-corrected chi connectivity index (χ4v) is 3.56. The molecule has 2 aliphatic rings. The standard InChI is InChI=1S/C17H24O2/c1-2-12-4-3-5-14(10-12)19-15-7-8-16-13(11-15)6-9-17(16)18/h7-8,11-12,14,17-18H,2-6,9-10H2,1H3/t12?,14?,17-/m1/s1. The van der Waals surface area contributed by atoms with E-state index in [4.69, 9.17) is 4.74 Å². The van der Waals surface area contributed by atoms with Crippen LogP contribution < -0.4 is 4.74 Å². The Kier molecular flexibility index (Phi) is 3.79. The minimum atomic E-state index is -0.261. The number of hydrogen-bond acceptors (Lipinski definition) is 2. The maximum Gasteiger partial charge on any atom is 0.120 e. The molecule has 1 fully saturated rings. The van der Waals surface area contributed by atoms with Gasteiger partial charge in [0.25, 0.3) is 0 Å². The number of ether oxygens (including phenoxy) is 1. The van der Waals surface area contributed by atoms with Gasteiger partial charge in [-0.15, -0.1) is 0 Å². The summed E-state index contributed by atoms with van der Waals surface area (Å²) in [4.78, 5) is 0. The van der Waals surface area contributed by atoms with Crippen molar-refractivity contribution in [3.63, 3.8) is 0 Å². The molecule has 2 aliphatic carbocycles. The van der Waals surface area contributed by atoms with Gasteiger partial charge in [-0.2, -0.15) is 0 Å². The summed E-state index contributed by atoms with van der Waals surface area (Å²) in [5, 5.41) is 9.82. The zero-order valence-electron chi connectivity index (χ0n) is 11.8. The molecular weight excluding hydrogens is 236 g/mol. The normalized spacial score (nSPS) is 30.1. The van der Waals surface area contributed by atoms with Gasteiger partial charge in [0.05, 0.1) is 12.2 Å². The molecule has 2 unspecified atom stereocenters. The van der Waals surface area contributed by atoms with Crippen LogP contribution in [0.1, 0.15) is 62.7 Å². The third-order valence-corrected chi connectivity index (χ3v) is 4.78. The van der Waals surface area contributed by atoms with Crippen molar-refractivity contribution in [3.05, 3.63) is 29.3 Å². The highest BCUT2D eigenvalue weighted by molar-refractivity contribution is 5.39. The lowest BCUT2D eigenvalue weighted by Crippen LogP contribution is -2.25. The highest BCUT2D eigenvalue weighted by atomic mass is 16.5. The predicted molar refractivity (Wildman–Crippen MR) is 76.4 cm³/mol. The molecular formula is C17H24O2. The van der Waals surface area contributed by atoms with Crippen LogP contribution in [0.25, 0.3) is 0 Å². The molecule has 2 heteroatoms. The van der Waals surface area contributed by atoms with Crippen LogP contribution in [0.5, 0.6) is 5.75 Å². The average molecular weight is 260 g/mol. The van der Waals surface area contributed by atoms with Crippen LogP contribution in [0.15, 0.2) is 18.2 Å². The van der Waals surface area contributed by atoms with Gasteiger partial charge in [-0.05, 0) is 61.3 Å². The highest BCUT2D eigenvalue weighted by Crippen LogP contribution is 2.35. The first-order chi connectivity index (χ1) is 9.26. The van der Waals surface area contributed by atoms with Crippen LogP contribution in [-0.4, -0.2) is 11.2 Å². The Morgan fingerprint density at radius 3 is 3.00 bits per heavy atom. The fraction of sp³-hybridized carbons (Fsp3) is 0.647. The van der Waals surface area contributed by atoms with Gasteiger partial charge in [0.15, 0.2) is 0 Å². The van der Waals surface area contributed by atoms with E-state index in [0.717, 1.165) is 30.1 Å². The topological polar surface area (TPSA) is 29.5 Å². The molecule has 0 aliphatic heterocycles. The number of benzene rings is 1. The summed E-state index contributed by atoms with van der Waals surface area (Å²) < 4.78 is 6.17. The lowest BCUT2D eigenvalue weighted by Gasteiger charge is -2.29. The number of aliphatic hydroxyl groups excluding tert-OH is 1. The van der Waals surface area contributed by atoms with Crippen LogP contribution in [0.2, 0.25) is 0 Å². The Hall–Kier alpha value is -1.02. The van der Waals surface area contributed by atoms with E-state index >= 15 is 0 Å². The van der Waals surface area contributed by atoms with Gasteiger partial charge in [-0.1, -0.05) is 25.8 Å². The summed E-state index contributed by atoms with van der Waals surface area (Å²) in [5.41, 5.74) is 2.37. The second kappa shape index (κ2) is 5.54. The van der Waals surface area contributed by atoms with E-state index in [0.29, 0.717) is 6.10 Å². The second-order valence-electron chi connectivity index (χ2n) is 6.10. The molecule has 3 atom stereocenters. The van der Waals surface area contributed by atoms with Crippen molar-refractivity contribution < 1.29 is 9.84 Å². The Morgan fingerprint density at radius 1 is 1.26 bits per heavy atom. The SMILES string of the molecule is CCC1CCCC(Oc2ccc3c(c2)CC[C@H]3O)C1. The van der Waals surface area contributed by atoms with Gasteiger partial charge in [0.1, 0.15) is 5.75 Å². The van der Waals surface area contributed by atoms with E-state index in [-0.39, 0.29) is 6.10 Å². The van der Waals surface area contributed by atoms with Crippen molar-refractivity contribution in [3.8, 4) is 5.75 Å². The van der Waals surface area contributed by atoms with Crippen LogP contribution in [0, 0.1) is 5.92 Å². The molecule has 0 bridgehead atoms. The van der Waals surface area contributed by atoms with Crippen molar-refractivity contribution in [2.45, 2.75) is 64.1 Å². The fourth-order valence-electron chi connectivity index (χ4n) is 3.56. The van der Waals surface area contributed by atoms with Crippen molar-refractivity contribution in [2.24, 2.45) is 5.92 Å². The van der Waals surface area contributed by atoms with Crippen LogP contribution >= 0.6 is 0 Å². The van der Waals surface area contributed by atoms with E-state index in [1.165, 1.54) is 37.7 Å². The van der Waals surface area contributed by atoms with Crippen LogP contribution in [0.3, 0.4) is 0 Å². The third kappa shape index (κ3) is 2.79. The van der Waals surface area contributed by atoms with E-state index in [1.54, 1.807) is 0 Å². The lowest BCUT2D eigenvalue weighted by molar-refractivity contribution is 0.122.